The second-order valence-electron chi connectivity index (χ2n) is 7.21. The van der Waals surface area contributed by atoms with E-state index in [1.807, 2.05) is 0 Å². The maximum atomic E-state index is 9.53. The number of anilines is 1. The van der Waals surface area contributed by atoms with Gasteiger partial charge in [-0.25, -0.2) is 0 Å². The molecule has 0 amide bonds. The average Bonchev–Trinajstić information content (AvgIpc) is 2.59. The quantitative estimate of drug-likeness (QED) is 0.751. The van der Waals surface area contributed by atoms with Crippen LogP contribution in [0.15, 0.2) is 24.3 Å². The van der Waals surface area contributed by atoms with Crippen molar-refractivity contribution in [2.24, 2.45) is 5.41 Å². The van der Waals surface area contributed by atoms with Gasteiger partial charge in [0.1, 0.15) is 0 Å². The van der Waals surface area contributed by atoms with Crippen LogP contribution in [0.2, 0.25) is 0 Å². The summed E-state index contributed by atoms with van der Waals surface area (Å²) in [7, 11) is 0. The van der Waals surface area contributed by atoms with E-state index in [0.717, 1.165) is 39.3 Å². The fraction of sp³-hybridized carbons (Fsp3) is 0.684. The number of nitrogens with zero attached hydrogens (tertiary/aromatic N) is 2. The third kappa shape index (κ3) is 4.09. The van der Waals surface area contributed by atoms with Gasteiger partial charge in [0.25, 0.3) is 0 Å². The SMILES string of the molecule is CCCN1CCN(c2ccccc2CNCC2(CO)COC2)CC1. The summed E-state index contributed by atoms with van der Waals surface area (Å²) in [4.78, 5) is 5.07. The van der Waals surface area contributed by atoms with Crippen molar-refractivity contribution >= 4 is 5.69 Å². The van der Waals surface area contributed by atoms with Crippen LogP contribution >= 0.6 is 0 Å². The van der Waals surface area contributed by atoms with Crippen molar-refractivity contribution in [3.63, 3.8) is 0 Å². The minimum atomic E-state index is -0.0687. The van der Waals surface area contributed by atoms with Crippen LogP contribution in [0, 0.1) is 5.41 Å². The smallest absolute Gasteiger partial charge is 0.0579 e. The Kier molecular flexibility index (Phi) is 6.11. The minimum absolute atomic E-state index is 0.0687. The molecule has 2 heterocycles. The summed E-state index contributed by atoms with van der Waals surface area (Å²) < 4.78 is 5.27. The fourth-order valence-corrected chi connectivity index (χ4v) is 3.60. The van der Waals surface area contributed by atoms with Crippen LogP contribution in [0.5, 0.6) is 0 Å². The first-order valence-electron chi connectivity index (χ1n) is 9.21. The standard InChI is InChI=1S/C19H31N3O2/c1-2-7-21-8-10-22(11-9-21)18-6-4-3-5-17(18)12-20-13-19(14-23)15-24-16-19/h3-6,20,23H,2,7-16H2,1H3. The van der Waals surface area contributed by atoms with Gasteiger partial charge in [0, 0.05) is 45.0 Å². The van der Waals surface area contributed by atoms with Crippen LogP contribution in [-0.4, -0.2) is 69.1 Å². The molecule has 5 heteroatoms. The van der Waals surface area contributed by atoms with Crippen molar-refractivity contribution in [2.45, 2.75) is 19.9 Å². The zero-order valence-corrected chi connectivity index (χ0v) is 14.8. The van der Waals surface area contributed by atoms with Gasteiger partial charge in [-0.2, -0.15) is 0 Å². The number of hydrogen-bond donors (Lipinski definition) is 2. The molecule has 134 valence electrons. The first-order valence-corrected chi connectivity index (χ1v) is 9.21. The number of benzene rings is 1. The van der Waals surface area contributed by atoms with Crippen molar-refractivity contribution in [1.29, 1.82) is 0 Å². The van der Waals surface area contributed by atoms with E-state index in [9.17, 15) is 5.11 Å². The highest BCUT2D eigenvalue weighted by Crippen LogP contribution is 2.26. The van der Waals surface area contributed by atoms with Crippen LogP contribution in [-0.2, 0) is 11.3 Å². The number of aliphatic hydroxyl groups is 1. The number of hydrogen-bond acceptors (Lipinski definition) is 5. The highest BCUT2D eigenvalue weighted by Gasteiger charge is 2.37. The predicted molar refractivity (Wildman–Crippen MR) is 97.4 cm³/mol. The fourth-order valence-electron chi connectivity index (χ4n) is 3.60. The first kappa shape index (κ1) is 17.7. The van der Waals surface area contributed by atoms with Crippen LogP contribution in [0.3, 0.4) is 0 Å². The maximum absolute atomic E-state index is 9.53. The average molecular weight is 333 g/mol. The number of aliphatic hydroxyl groups excluding tert-OH is 1. The number of piperazine rings is 1. The summed E-state index contributed by atoms with van der Waals surface area (Å²) in [6.07, 6.45) is 1.23. The maximum Gasteiger partial charge on any atom is 0.0579 e. The zero-order valence-electron chi connectivity index (χ0n) is 14.8. The summed E-state index contributed by atoms with van der Waals surface area (Å²) >= 11 is 0. The number of rotatable bonds is 8. The summed E-state index contributed by atoms with van der Waals surface area (Å²) in [6, 6.07) is 8.69. The Morgan fingerprint density at radius 3 is 2.54 bits per heavy atom. The van der Waals surface area contributed by atoms with Gasteiger partial charge < -0.3 is 20.1 Å². The Bertz CT molecular complexity index is 506. The van der Waals surface area contributed by atoms with Crippen molar-refractivity contribution in [2.75, 3.05) is 64.0 Å². The van der Waals surface area contributed by atoms with Crippen molar-refractivity contribution in [3.05, 3.63) is 29.8 Å². The Hall–Kier alpha value is -1.14. The molecule has 1 aromatic rings. The summed E-state index contributed by atoms with van der Waals surface area (Å²) in [5, 5.41) is 13.1. The van der Waals surface area contributed by atoms with Gasteiger partial charge in [0.2, 0.25) is 0 Å². The van der Waals surface area contributed by atoms with Gasteiger partial charge in [0.15, 0.2) is 0 Å². The topological polar surface area (TPSA) is 48.0 Å². The molecule has 2 saturated heterocycles. The Morgan fingerprint density at radius 1 is 1.17 bits per heavy atom. The number of ether oxygens (including phenoxy) is 1. The lowest BCUT2D eigenvalue weighted by Gasteiger charge is -2.40. The number of nitrogens with one attached hydrogen (secondary N) is 1. The minimum Gasteiger partial charge on any atom is -0.396 e. The van der Waals surface area contributed by atoms with E-state index in [2.05, 4.69) is 46.3 Å². The summed E-state index contributed by atoms with van der Waals surface area (Å²) in [5.41, 5.74) is 2.62. The van der Waals surface area contributed by atoms with Gasteiger partial charge in [-0.05, 0) is 24.6 Å². The van der Waals surface area contributed by atoms with Gasteiger partial charge in [0.05, 0.1) is 25.2 Å². The van der Waals surface area contributed by atoms with Crippen LogP contribution in [0.25, 0.3) is 0 Å². The van der Waals surface area contributed by atoms with E-state index in [-0.39, 0.29) is 12.0 Å². The van der Waals surface area contributed by atoms with Crippen molar-refractivity contribution in [1.82, 2.24) is 10.2 Å². The Morgan fingerprint density at radius 2 is 1.92 bits per heavy atom. The molecule has 0 unspecified atom stereocenters. The van der Waals surface area contributed by atoms with Crippen molar-refractivity contribution in [3.8, 4) is 0 Å². The zero-order chi connectivity index (χ0) is 16.8. The second-order valence-corrected chi connectivity index (χ2v) is 7.21. The monoisotopic (exact) mass is 333 g/mol. The molecule has 0 aromatic heterocycles. The third-order valence-corrected chi connectivity index (χ3v) is 5.21. The molecule has 0 aliphatic carbocycles. The molecule has 2 fully saturated rings. The third-order valence-electron chi connectivity index (χ3n) is 5.21. The normalized spacial score (nSPS) is 20.8. The van der Waals surface area contributed by atoms with Crippen LogP contribution in [0.4, 0.5) is 5.69 Å². The van der Waals surface area contributed by atoms with E-state index in [4.69, 9.17) is 4.74 Å². The lowest BCUT2D eigenvalue weighted by atomic mass is 9.87. The first-order chi connectivity index (χ1) is 11.8. The van der Waals surface area contributed by atoms with Gasteiger partial charge in [-0.1, -0.05) is 25.1 Å². The molecule has 2 aliphatic rings. The lowest BCUT2D eigenvalue weighted by Crippen LogP contribution is -2.52. The molecule has 0 atom stereocenters. The van der Waals surface area contributed by atoms with Crippen LogP contribution in [0.1, 0.15) is 18.9 Å². The van der Waals surface area contributed by atoms with Gasteiger partial charge in [-0.3, -0.25) is 4.90 Å². The molecule has 0 saturated carbocycles. The molecule has 2 aliphatic heterocycles. The molecule has 2 N–H and O–H groups in total. The van der Waals surface area contributed by atoms with E-state index in [0.29, 0.717) is 13.2 Å². The second kappa shape index (κ2) is 8.30. The van der Waals surface area contributed by atoms with Crippen LogP contribution < -0.4 is 10.2 Å². The van der Waals surface area contributed by atoms with Crippen molar-refractivity contribution < 1.29 is 9.84 Å². The highest BCUT2D eigenvalue weighted by molar-refractivity contribution is 5.54. The number of para-hydroxylation sites is 1. The molecule has 0 radical (unpaired) electrons. The molecule has 0 spiro atoms. The summed E-state index contributed by atoms with van der Waals surface area (Å²) in [5.74, 6) is 0. The molecule has 1 aromatic carbocycles. The van der Waals surface area contributed by atoms with Gasteiger partial charge >= 0.3 is 0 Å². The molecule has 3 rings (SSSR count). The summed E-state index contributed by atoms with van der Waals surface area (Å²) in [6.45, 7) is 11.1. The predicted octanol–water partition coefficient (Wildman–Crippen LogP) is 1.32. The van der Waals surface area contributed by atoms with E-state index >= 15 is 0 Å². The molecular weight excluding hydrogens is 302 g/mol. The van der Waals surface area contributed by atoms with E-state index < -0.39 is 0 Å². The van der Waals surface area contributed by atoms with E-state index in [1.54, 1.807) is 0 Å². The lowest BCUT2D eigenvalue weighted by molar-refractivity contribution is -0.134. The Labute approximate surface area is 145 Å². The molecule has 0 bridgehead atoms. The molecule has 5 nitrogen and oxygen atoms in total. The highest BCUT2D eigenvalue weighted by atomic mass is 16.5. The molecular formula is C19H31N3O2. The van der Waals surface area contributed by atoms with E-state index in [1.165, 1.54) is 24.2 Å². The largest absolute Gasteiger partial charge is 0.396 e. The van der Waals surface area contributed by atoms with Gasteiger partial charge in [-0.15, -0.1) is 0 Å². The molecule has 24 heavy (non-hydrogen) atoms. The Balaban J connectivity index is 1.55.